The first-order valence-electron chi connectivity index (χ1n) is 8.27. The normalized spacial score (nSPS) is 14.6. The average molecular weight is 423 g/mol. The van der Waals surface area contributed by atoms with Gasteiger partial charge in [-0.15, -0.1) is 0 Å². The van der Waals surface area contributed by atoms with Crippen LogP contribution < -0.4 is 10.2 Å². The third kappa shape index (κ3) is 4.28. The van der Waals surface area contributed by atoms with E-state index in [2.05, 4.69) is 32.2 Å². The van der Waals surface area contributed by atoms with Crippen molar-refractivity contribution in [2.75, 3.05) is 36.4 Å². The lowest BCUT2D eigenvalue weighted by Gasteiger charge is -2.36. The highest BCUT2D eigenvalue weighted by atomic mass is 79.9. The Kier molecular flexibility index (Phi) is 5.54. The molecule has 0 radical (unpaired) electrons. The predicted octanol–water partition coefficient (Wildman–Crippen LogP) is 5.07. The number of anilines is 2. The molecule has 2 aromatic carbocycles. The molecular formula is C19H21BrClN3O. The van der Waals surface area contributed by atoms with E-state index in [1.807, 2.05) is 49.1 Å². The van der Waals surface area contributed by atoms with E-state index in [0.717, 1.165) is 45.1 Å². The number of carbonyl (C=O) groups excluding carboxylic acids is 1. The first-order chi connectivity index (χ1) is 11.9. The summed E-state index contributed by atoms with van der Waals surface area (Å²) >= 11 is 9.56. The zero-order chi connectivity index (χ0) is 18.0. The number of amides is 2. The van der Waals surface area contributed by atoms with Crippen molar-refractivity contribution in [2.45, 2.75) is 13.8 Å². The van der Waals surface area contributed by atoms with E-state index in [1.54, 1.807) is 0 Å². The molecule has 6 heteroatoms. The highest BCUT2D eigenvalue weighted by Gasteiger charge is 2.22. The molecule has 132 valence electrons. The highest BCUT2D eigenvalue weighted by molar-refractivity contribution is 9.10. The molecule has 0 atom stereocenters. The summed E-state index contributed by atoms with van der Waals surface area (Å²) in [5.41, 5.74) is 4.10. The third-order valence-corrected chi connectivity index (χ3v) is 5.16. The molecule has 0 aromatic heterocycles. The number of piperazine rings is 1. The zero-order valence-corrected chi connectivity index (χ0v) is 16.7. The standard InChI is InChI=1S/C19H21BrClN3O/c1-13-10-15(20)11-14(2)18(13)22-19(25)24-8-6-23(7-9-24)17-5-3-4-16(21)12-17/h3-5,10-12H,6-9H2,1-2H3,(H,22,25). The van der Waals surface area contributed by atoms with Gasteiger partial charge in [-0.1, -0.05) is 33.6 Å². The summed E-state index contributed by atoms with van der Waals surface area (Å²) in [6.45, 7) is 6.98. The molecule has 0 bridgehead atoms. The third-order valence-electron chi connectivity index (χ3n) is 4.47. The molecule has 1 fully saturated rings. The van der Waals surface area contributed by atoms with Crippen molar-refractivity contribution in [3.8, 4) is 0 Å². The molecule has 0 spiro atoms. The molecule has 4 nitrogen and oxygen atoms in total. The van der Waals surface area contributed by atoms with Gasteiger partial charge >= 0.3 is 6.03 Å². The maximum absolute atomic E-state index is 12.6. The van der Waals surface area contributed by atoms with Crippen LogP contribution in [0.5, 0.6) is 0 Å². The van der Waals surface area contributed by atoms with Crippen LogP contribution in [-0.2, 0) is 0 Å². The molecule has 2 aromatic rings. The predicted molar refractivity (Wildman–Crippen MR) is 108 cm³/mol. The van der Waals surface area contributed by atoms with Gasteiger partial charge in [0.1, 0.15) is 0 Å². The van der Waals surface area contributed by atoms with Gasteiger partial charge in [-0.2, -0.15) is 0 Å². The smallest absolute Gasteiger partial charge is 0.321 e. The van der Waals surface area contributed by atoms with Crippen LogP contribution >= 0.6 is 27.5 Å². The summed E-state index contributed by atoms with van der Waals surface area (Å²) in [4.78, 5) is 16.7. The van der Waals surface area contributed by atoms with Crippen molar-refractivity contribution < 1.29 is 4.79 Å². The molecule has 0 unspecified atom stereocenters. The highest BCUT2D eigenvalue weighted by Crippen LogP contribution is 2.26. The van der Waals surface area contributed by atoms with Gasteiger partial charge in [0.05, 0.1) is 0 Å². The fourth-order valence-electron chi connectivity index (χ4n) is 3.13. The van der Waals surface area contributed by atoms with Crippen molar-refractivity contribution >= 4 is 44.9 Å². The molecular weight excluding hydrogens is 402 g/mol. The molecule has 1 aliphatic rings. The summed E-state index contributed by atoms with van der Waals surface area (Å²) in [5, 5.41) is 3.80. The first-order valence-corrected chi connectivity index (χ1v) is 9.44. The van der Waals surface area contributed by atoms with Crippen molar-refractivity contribution in [1.82, 2.24) is 4.90 Å². The summed E-state index contributed by atoms with van der Waals surface area (Å²) in [6, 6.07) is 11.8. The lowest BCUT2D eigenvalue weighted by atomic mass is 10.1. The average Bonchev–Trinajstić information content (AvgIpc) is 2.58. The van der Waals surface area contributed by atoms with Gasteiger partial charge in [0.25, 0.3) is 0 Å². The number of benzene rings is 2. The topological polar surface area (TPSA) is 35.6 Å². The Bertz CT molecular complexity index is 765. The van der Waals surface area contributed by atoms with Crippen LogP contribution in [0.1, 0.15) is 11.1 Å². The fourth-order valence-corrected chi connectivity index (χ4v) is 4.01. The Morgan fingerprint density at radius 1 is 1.08 bits per heavy atom. The van der Waals surface area contributed by atoms with E-state index in [4.69, 9.17) is 11.6 Å². The minimum absolute atomic E-state index is 0.0423. The number of carbonyl (C=O) groups is 1. The van der Waals surface area contributed by atoms with Crippen LogP contribution in [0, 0.1) is 13.8 Å². The van der Waals surface area contributed by atoms with Crippen LogP contribution in [-0.4, -0.2) is 37.1 Å². The van der Waals surface area contributed by atoms with Gasteiger partial charge in [-0.05, 0) is 55.3 Å². The van der Waals surface area contributed by atoms with Crippen molar-refractivity contribution in [3.05, 3.63) is 57.0 Å². The van der Waals surface area contributed by atoms with Gasteiger partial charge in [0.2, 0.25) is 0 Å². The van der Waals surface area contributed by atoms with Crippen LogP contribution in [0.15, 0.2) is 40.9 Å². The molecule has 0 aliphatic carbocycles. The number of aryl methyl sites for hydroxylation is 2. The minimum atomic E-state index is -0.0423. The molecule has 0 saturated carbocycles. The zero-order valence-electron chi connectivity index (χ0n) is 14.4. The van der Waals surface area contributed by atoms with Crippen molar-refractivity contribution in [1.29, 1.82) is 0 Å². The molecule has 2 amide bonds. The van der Waals surface area contributed by atoms with Crippen LogP contribution in [0.25, 0.3) is 0 Å². The number of nitrogens with one attached hydrogen (secondary N) is 1. The molecule has 3 rings (SSSR count). The Labute approximate surface area is 161 Å². The first kappa shape index (κ1) is 18.1. The monoisotopic (exact) mass is 421 g/mol. The van der Waals surface area contributed by atoms with Gasteiger partial charge < -0.3 is 15.1 Å². The maximum atomic E-state index is 12.6. The van der Waals surface area contributed by atoms with Gasteiger partial charge in [-0.25, -0.2) is 4.79 Å². The number of rotatable bonds is 2. The van der Waals surface area contributed by atoms with Crippen LogP contribution in [0.2, 0.25) is 5.02 Å². The van der Waals surface area contributed by atoms with Crippen LogP contribution in [0.4, 0.5) is 16.2 Å². The fraction of sp³-hybridized carbons (Fsp3) is 0.316. The number of urea groups is 1. The summed E-state index contributed by atoms with van der Waals surface area (Å²) in [7, 11) is 0. The quantitative estimate of drug-likeness (QED) is 0.733. The Morgan fingerprint density at radius 2 is 1.72 bits per heavy atom. The maximum Gasteiger partial charge on any atom is 0.321 e. The molecule has 25 heavy (non-hydrogen) atoms. The van der Waals surface area contributed by atoms with Gasteiger partial charge in [0, 0.05) is 47.0 Å². The van der Waals surface area contributed by atoms with E-state index in [-0.39, 0.29) is 6.03 Å². The molecule has 1 heterocycles. The molecule has 1 N–H and O–H groups in total. The molecule has 1 saturated heterocycles. The van der Waals surface area contributed by atoms with E-state index >= 15 is 0 Å². The summed E-state index contributed by atoms with van der Waals surface area (Å²) < 4.78 is 1.02. The lowest BCUT2D eigenvalue weighted by molar-refractivity contribution is 0.208. The van der Waals surface area contributed by atoms with E-state index in [9.17, 15) is 4.79 Å². The number of hydrogen-bond donors (Lipinski definition) is 1. The second-order valence-electron chi connectivity index (χ2n) is 6.30. The van der Waals surface area contributed by atoms with Gasteiger partial charge in [-0.3, -0.25) is 0 Å². The number of nitrogens with zero attached hydrogens (tertiary/aromatic N) is 2. The number of halogens is 2. The van der Waals surface area contributed by atoms with Crippen molar-refractivity contribution in [2.24, 2.45) is 0 Å². The minimum Gasteiger partial charge on any atom is -0.368 e. The number of hydrogen-bond acceptors (Lipinski definition) is 2. The SMILES string of the molecule is Cc1cc(Br)cc(C)c1NC(=O)N1CCN(c2cccc(Cl)c2)CC1. The Balaban J connectivity index is 1.62. The Hall–Kier alpha value is -1.72. The van der Waals surface area contributed by atoms with E-state index in [0.29, 0.717) is 13.1 Å². The summed E-state index contributed by atoms with van der Waals surface area (Å²) in [6.07, 6.45) is 0. The molecule has 1 aliphatic heterocycles. The largest absolute Gasteiger partial charge is 0.368 e. The van der Waals surface area contributed by atoms with Crippen molar-refractivity contribution in [3.63, 3.8) is 0 Å². The van der Waals surface area contributed by atoms with E-state index in [1.165, 1.54) is 0 Å². The van der Waals surface area contributed by atoms with E-state index < -0.39 is 0 Å². The Morgan fingerprint density at radius 3 is 2.32 bits per heavy atom. The van der Waals surface area contributed by atoms with Gasteiger partial charge in [0.15, 0.2) is 0 Å². The summed E-state index contributed by atoms with van der Waals surface area (Å²) in [5.74, 6) is 0. The van der Waals surface area contributed by atoms with Crippen LogP contribution in [0.3, 0.4) is 0 Å². The lowest BCUT2D eigenvalue weighted by Crippen LogP contribution is -2.50. The second kappa shape index (κ2) is 7.67. The second-order valence-corrected chi connectivity index (χ2v) is 7.65.